The second kappa shape index (κ2) is 14.0. The number of anilines is 1. The smallest absolute Gasteiger partial charge is 0.407 e. The van der Waals surface area contributed by atoms with E-state index in [0.29, 0.717) is 30.4 Å². The van der Waals surface area contributed by atoms with Crippen LogP contribution < -0.4 is 10.6 Å². The van der Waals surface area contributed by atoms with Crippen molar-refractivity contribution < 1.29 is 19.1 Å². The van der Waals surface area contributed by atoms with E-state index in [2.05, 4.69) is 53.8 Å². The Kier molecular flexibility index (Phi) is 10.5. The van der Waals surface area contributed by atoms with Gasteiger partial charge in [-0.05, 0) is 129 Å². The van der Waals surface area contributed by atoms with E-state index < -0.39 is 17.6 Å². The highest BCUT2D eigenvalue weighted by molar-refractivity contribution is 14.1. The molecule has 0 aliphatic heterocycles. The maximum Gasteiger partial charge on any atom is 0.407 e. The Labute approximate surface area is 253 Å². The number of carbonyl (C=O) groups is 3. The molecular weight excluding hydrogens is 635 g/mol. The van der Waals surface area contributed by atoms with Crippen molar-refractivity contribution in [1.82, 2.24) is 25.9 Å². The van der Waals surface area contributed by atoms with E-state index in [9.17, 15) is 14.4 Å². The zero-order valence-electron chi connectivity index (χ0n) is 23.7. The van der Waals surface area contributed by atoms with Crippen molar-refractivity contribution in [3.8, 4) is 11.4 Å². The number of rotatable bonds is 10. The molecule has 1 aliphatic carbocycles. The van der Waals surface area contributed by atoms with Crippen LogP contribution in [0.3, 0.4) is 0 Å². The fraction of sp³-hybridized carbons (Fsp3) is 0.467. The number of nitrogens with zero attached hydrogens (tertiary/aromatic N) is 3. The molecule has 2 aromatic carbocycles. The molecule has 10 nitrogen and oxygen atoms in total. The van der Waals surface area contributed by atoms with Crippen molar-refractivity contribution in [2.24, 2.45) is 17.8 Å². The monoisotopic (exact) mass is 672 g/mol. The number of Topliss-reactive ketones (excluding diaryl/α,β-unsaturated/α-hetero) is 1. The molecule has 0 saturated heterocycles. The fourth-order valence-electron chi connectivity index (χ4n) is 5.03. The van der Waals surface area contributed by atoms with Gasteiger partial charge in [-0.15, -0.1) is 10.2 Å². The van der Waals surface area contributed by atoms with Gasteiger partial charge in [0.2, 0.25) is 11.7 Å². The summed E-state index contributed by atoms with van der Waals surface area (Å²) in [5.74, 6) is 0.162. The van der Waals surface area contributed by atoms with E-state index in [0.717, 1.165) is 40.4 Å². The summed E-state index contributed by atoms with van der Waals surface area (Å²) in [6.07, 6.45) is 3.48. The summed E-state index contributed by atoms with van der Waals surface area (Å²) in [5.41, 5.74) is 1.90. The Morgan fingerprint density at radius 2 is 1.71 bits per heavy atom. The highest BCUT2D eigenvalue weighted by atomic mass is 127. The topological polar surface area (TPSA) is 139 Å². The average molecular weight is 673 g/mol. The summed E-state index contributed by atoms with van der Waals surface area (Å²) in [7, 11) is 0. The van der Waals surface area contributed by atoms with Crippen LogP contribution in [-0.4, -0.2) is 50.6 Å². The van der Waals surface area contributed by atoms with Gasteiger partial charge < -0.3 is 15.4 Å². The second-order valence-electron chi connectivity index (χ2n) is 11.6. The van der Waals surface area contributed by atoms with Crippen LogP contribution in [0.5, 0.6) is 0 Å². The Balaban J connectivity index is 1.34. The number of aromatic amines is 1. The minimum atomic E-state index is -0.534. The highest BCUT2D eigenvalue weighted by Gasteiger charge is 2.30. The van der Waals surface area contributed by atoms with Crippen LogP contribution in [-0.2, 0) is 20.7 Å². The minimum Gasteiger partial charge on any atom is -0.444 e. The van der Waals surface area contributed by atoms with Gasteiger partial charge in [0.15, 0.2) is 0 Å². The van der Waals surface area contributed by atoms with E-state index in [1.165, 1.54) is 0 Å². The van der Waals surface area contributed by atoms with Crippen molar-refractivity contribution in [3.63, 3.8) is 0 Å². The number of hydrogen-bond acceptors (Lipinski definition) is 7. The molecule has 2 amide bonds. The number of amides is 2. The summed E-state index contributed by atoms with van der Waals surface area (Å²) >= 11 is 2.25. The molecule has 218 valence electrons. The molecule has 1 heterocycles. The first kappa shape index (κ1) is 30.6. The lowest BCUT2D eigenvalue weighted by atomic mass is 9.77. The number of carbonyl (C=O) groups excluding carboxylic acids is 3. The summed E-state index contributed by atoms with van der Waals surface area (Å²) < 4.78 is 6.44. The Morgan fingerprint density at radius 1 is 1.02 bits per heavy atom. The number of nitrogens with one attached hydrogen (secondary N) is 3. The number of benzene rings is 2. The fourth-order valence-corrected chi connectivity index (χ4v) is 5.39. The Bertz CT molecular complexity index is 1300. The van der Waals surface area contributed by atoms with E-state index in [1.54, 1.807) is 12.1 Å². The first-order valence-electron chi connectivity index (χ1n) is 13.9. The van der Waals surface area contributed by atoms with E-state index in [4.69, 9.17) is 4.74 Å². The number of ketones is 1. The highest BCUT2D eigenvalue weighted by Crippen LogP contribution is 2.31. The zero-order chi connectivity index (χ0) is 29.4. The van der Waals surface area contributed by atoms with Gasteiger partial charge >= 0.3 is 6.09 Å². The van der Waals surface area contributed by atoms with Gasteiger partial charge in [0.05, 0.1) is 0 Å². The maximum absolute atomic E-state index is 13.5. The number of hydrogen-bond donors (Lipinski definition) is 3. The molecule has 0 bridgehead atoms. The quantitative estimate of drug-likeness (QED) is 0.240. The number of aromatic nitrogens is 4. The van der Waals surface area contributed by atoms with Gasteiger partial charge in [0.25, 0.3) is 0 Å². The van der Waals surface area contributed by atoms with Gasteiger partial charge in [-0.3, -0.25) is 9.59 Å². The van der Waals surface area contributed by atoms with Crippen LogP contribution in [0.25, 0.3) is 11.4 Å². The summed E-state index contributed by atoms with van der Waals surface area (Å²) in [4.78, 5) is 38.9. The number of halogens is 1. The van der Waals surface area contributed by atoms with Gasteiger partial charge in [0.1, 0.15) is 11.4 Å². The molecule has 0 unspecified atom stereocenters. The third kappa shape index (κ3) is 9.61. The molecule has 3 N–H and O–H groups in total. The van der Waals surface area contributed by atoms with Crippen LogP contribution in [0, 0.1) is 21.3 Å². The molecule has 0 radical (unpaired) electrons. The van der Waals surface area contributed by atoms with E-state index >= 15 is 0 Å². The summed E-state index contributed by atoms with van der Waals surface area (Å²) in [5, 5.41) is 19.8. The molecule has 41 heavy (non-hydrogen) atoms. The number of tetrazole rings is 1. The minimum absolute atomic E-state index is 0.0750. The van der Waals surface area contributed by atoms with Gasteiger partial charge in [0, 0.05) is 39.6 Å². The largest absolute Gasteiger partial charge is 0.444 e. The lowest BCUT2D eigenvalue weighted by Gasteiger charge is -2.29. The number of alkyl carbamates (subject to hydrolysis) is 1. The van der Waals surface area contributed by atoms with Crippen molar-refractivity contribution in [3.05, 3.63) is 57.7 Å². The molecular formula is C30H37IN6O4. The third-order valence-electron chi connectivity index (χ3n) is 7.21. The van der Waals surface area contributed by atoms with Gasteiger partial charge in [-0.1, -0.05) is 12.1 Å². The third-order valence-corrected chi connectivity index (χ3v) is 7.92. The first-order chi connectivity index (χ1) is 19.6. The summed E-state index contributed by atoms with van der Waals surface area (Å²) in [6.45, 7) is 6.05. The second-order valence-corrected chi connectivity index (χ2v) is 12.8. The SMILES string of the molecule is CC(C)(C)OC(=O)NCC1CCC(C(=O)C[C@@H](Cc2ccc(I)cc2)C(=O)Nc2ccc(-c3nn[nH]n3)cc2)CC1. The van der Waals surface area contributed by atoms with E-state index in [1.807, 2.05) is 57.2 Å². The molecule has 1 aromatic heterocycles. The molecule has 1 aliphatic rings. The molecule has 11 heteroatoms. The maximum atomic E-state index is 13.5. The zero-order valence-corrected chi connectivity index (χ0v) is 25.8. The molecule has 4 rings (SSSR count). The van der Waals surface area contributed by atoms with Gasteiger partial charge in [-0.2, -0.15) is 5.21 Å². The predicted molar refractivity (Wildman–Crippen MR) is 164 cm³/mol. The first-order valence-corrected chi connectivity index (χ1v) is 15.0. The molecule has 3 aromatic rings. The lowest BCUT2D eigenvalue weighted by Crippen LogP contribution is -2.37. The molecule has 1 fully saturated rings. The number of H-pyrrole nitrogens is 1. The molecule has 1 saturated carbocycles. The van der Waals surface area contributed by atoms with Crippen LogP contribution >= 0.6 is 22.6 Å². The Hall–Kier alpha value is -3.35. The predicted octanol–water partition coefficient (Wildman–Crippen LogP) is 5.56. The molecule has 0 spiro atoms. The average Bonchev–Trinajstić information content (AvgIpc) is 3.48. The van der Waals surface area contributed by atoms with Crippen molar-refractivity contribution in [2.75, 3.05) is 11.9 Å². The van der Waals surface area contributed by atoms with Crippen LogP contribution in [0.4, 0.5) is 10.5 Å². The number of ether oxygens (including phenoxy) is 1. The van der Waals surface area contributed by atoms with E-state index in [-0.39, 0.29) is 24.0 Å². The van der Waals surface area contributed by atoms with Gasteiger partial charge in [-0.25, -0.2) is 4.79 Å². The standard InChI is InChI=1S/C30H37IN6O4/c1-30(2,3)41-29(40)32-18-20-4-8-21(9-5-20)26(38)17-23(16-19-6-12-24(31)13-7-19)28(39)33-25-14-10-22(11-15-25)27-34-36-37-35-27/h6-7,10-15,20-21,23H,4-5,8-9,16-18H2,1-3H3,(H,32,40)(H,33,39)(H,34,35,36,37)/t20?,21?,23-/m1/s1. The lowest BCUT2D eigenvalue weighted by molar-refractivity contribution is -0.129. The van der Waals surface area contributed by atoms with Crippen molar-refractivity contribution in [2.45, 2.75) is 64.9 Å². The normalized spacial score (nSPS) is 17.9. The van der Waals surface area contributed by atoms with Crippen molar-refractivity contribution >= 4 is 46.1 Å². The Morgan fingerprint density at radius 3 is 2.32 bits per heavy atom. The molecule has 1 atom stereocenters. The van der Waals surface area contributed by atoms with Crippen LogP contribution in [0.15, 0.2) is 48.5 Å². The van der Waals surface area contributed by atoms with Crippen LogP contribution in [0.2, 0.25) is 0 Å². The van der Waals surface area contributed by atoms with Crippen molar-refractivity contribution in [1.29, 1.82) is 0 Å². The van der Waals surface area contributed by atoms with Crippen LogP contribution in [0.1, 0.15) is 58.4 Å². The summed E-state index contributed by atoms with van der Waals surface area (Å²) in [6, 6.07) is 15.3.